The molecular formula is C14H22N2. The minimum atomic E-state index is 0.727. The number of nitrogens with zero attached hydrogens (tertiary/aromatic N) is 2. The largest absolute Gasteiger partial charge is 0.309 e. The summed E-state index contributed by atoms with van der Waals surface area (Å²) in [5.41, 5.74) is 1.44. The lowest BCUT2D eigenvalue weighted by atomic mass is 9.76. The molecule has 1 aromatic heterocycles. The average molecular weight is 218 g/mol. The predicted octanol–water partition coefficient (Wildman–Crippen LogP) is 2.92. The van der Waals surface area contributed by atoms with E-state index in [9.17, 15) is 0 Å². The molecule has 0 bridgehead atoms. The first-order chi connectivity index (χ1) is 7.77. The molecule has 0 N–H and O–H groups in total. The molecule has 0 saturated heterocycles. The number of aromatic nitrogens is 1. The van der Waals surface area contributed by atoms with E-state index in [1.807, 2.05) is 6.20 Å². The summed E-state index contributed by atoms with van der Waals surface area (Å²) in [6.07, 6.45) is 9.41. The Morgan fingerprint density at radius 3 is 2.81 bits per heavy atom. The lowest BCUT2D eigenvalue weighted by Gasteiger charge is -2.33. The third-order valence-electron chi connectivity index (χ3n) is 3.62. The number of hydrogen-bond acceptors (Lipinski definition) is 2. The highest BCUT2D eigenvalue weighted by Gasteiger charge is 2.26. The van der Waals surface area contributed by atoms with Crippen LogP contribution in [0.4, 0.5) is 0 Å². The van der Waals surface area contributed by atoms with Gasteiger partial charge in [0.15, 0.2) is 0 Å². The minimum Gasteiger partial charge on any atom is -0.309 e. The second kappa shape index (κ2) is 5.44. The summed E-state index contributed by atoms with van der Waals surface area (Å²) < 4.78 is 0. The second-order valence-corrected chi connectivity index (χ2v) is 5.20. The number of pyridine rings is 1. The van der Waals surface area contributed by atoms with Gasteiger partial charge in [-0.05, 0) is 50.4 Å². The maximum absolute atomic E-state index is 4.26. The quantitative estimate of drug-likeness (QED) is 0.775. The molecule has 0 unspecified atom stereocenters. The number of hydrogen-bond donors (Lipinski definition) is 0. The van der Waals surface area contributed by atoms with Gasteiger partial charge in [-0.15, -0.1) is 0 Å². The van der Waals surface area contributed by atoms with Gasteiger partial charge in [0.05, 0.1) is 0 Å². The SMILES string of the molecule is CN(C)C[C@@H]1CCCC[C@@H]1c1cccnc1. The standard InChI is InChI=1S/C14H22N2/c1-16(2)11-13-6-3-4-8-14(13)12-7-5-9-15-10-12/h5,7,9-10,13-14H,3-4,6,8,11H2,1-2H3/t13-,14+/m0/s1. The van der Waals surface area contributed by atoms with Gasteiger partial charge in [0.2, 0.25) is 0 Å². The third-order valence-corrected chi connectivity index (χ3v) is 3.62. The van der Waals surface area contributed by atoms with Crippen LogP contribution in [-0.4, -0.2) is 30.5 Å². The molecule has 2 atom stereocenters. The molecule has 1 heterocycles. The molecule has 1 aliphatic carbocycles. The van der Waals surface area contributed by atoms with Crippen molar-refractivity contribution in [2.24, 2.45) is 5.92 Å². The zero-order valence-electron chi connectivity index (χ0n) is 10.4. The molecule has 1 aliphatic rings. The third kappa shape index (κ3) is 2.82. The fraction of sp³-hybridized carbons (Fsp3) is 0.643. The maximum atomic E-state index is 4.26. The Balaban J connectivity index is 2.10. The molecule has 0 aliphatic heterocycles. The van der Waals surface area contributed by atoms with Crippen molar-refractivity contribution in [3.63, 3.8) is 0 Å². The van der Waals surface area contributed by atoms with E-state index in [1.54, 1.807) is 0 Å². The summed E-state index contributed by atoms with van der Waals surface area (Å²) in [4.78, 5) is 6.58. The Labute approximate surface area is 98.7 Å². The Kier molecular flexibility index (Phi) is 3.94. The topological polar surface area (TPSA) is 16.1 Å². The van der Waals surface area contributed by atoms with Gasteiger partial charge >= 0.3 is 0 Å². The van der Waals surface area contributed by atoms with Crippen LogP contribution in [-0.2, 0) is 0 Å². The van der Waals surface area contributed by atoms with Crippen LogP contribution >= 0.6 is 0 Å². The highest BCUT2D eigenvalue weighted by atomic mass is 15.1. The molecule has 2 heteroatoms. The summed E-state index contributed by atoms with van der Waals surface area (Å²) >= 11 is 0. The monoisotopic (exact) mass is 218 g/mol. The Morgan fingerprint density at radius 2 is 2.12 bits per heavy atom. The first-order valence-corrected chi connectivity index (χ1v) is 6.32. The highest BCUT2D eigenvalue weighted by molar-refractivity contribution is 5.16. The van der Waals surface area contributed by atoms with Crippen molar-refractivity contribution in [3.8, 4) is 0 Å². The smallest absolute Gasteiger partial charge is 0.0302 e. The zero-order valence-corrected chi connectivity index (χ0v) is 10.4. The van der Waals surface area contributed by atoms with Crippen LogP contribution in [0, 0.1) is 5.92 Å². The summed E-state index contributed by atoms with van der Waals surface area (Å²) in [7, 11) is 4.35. The van der Waals surface area contributed by atoms with Crippen LogP contribution in [0.2, 0.25) is 0 Å². The average Bonchev–Trinajstić information content (AvgIpc) is 2.30. The maximum Gasteiger partial charge on any atom is 0.0302 e. The van der Waals surface area contributed by atoms with Crippen molar-refractivity contribution in [2.75, 3.05) is 20.6 Å². The molecule has 88 valence electrons. The van der Waals surface area contributed by atoms with Crippen LogP contribution in [0.25, 0.3) is 0 Å². The van der Waals surface area contributed by atoms with E-state index in [1.165, 1.54) is 37.8 Å². The molecule has 0 spiro atoms. The molecule has 0 radical (unpaired) electrons. The highest BCUT2D eigenvalue weighted by Crippen LogP contribution is 2.37. The van der Waals surface area contributed by atoms with Crippen molar-refractivity contribution >= 4 is 0 Å². The van der Waals surface area contributed by atoms with Gasteiger partial charge in [0, 0.05) is 18.9 Å². The summed E-state index contributed by atoms with van der Waals surface area (Å²) in [5, 5.41) is 0. The lowest BCUT2D eigenvalue weighted by Crippen LogP contribution is -2.28. The lowest BCUT2D eigenvalue weighted by molar-refractivity contribution is 0.233. The number of rotatable bonds is 3. The molecule has 1 fully saturated rings. The Morgan fingerprint density at radius 1 is 1.31 bits per heavy atom. The molecule has 0 amide bonds. The van der Waals surface area contributed by atoms with Crippen LogP contribution in [0.15, 0.2) is 24.5 Å². The Bertz CT molecular complexity index is 308. The molecule has 2 rings (SSSR count). The van der Waals surface area contributed by atoms with Crippen molar-refractivity contribution in [2.45, 2.75) is 31.6 Å². The van der Waals surface area contributed by atoms with Crippen LogP contribution in [0.3, 0.4) is 0 Å². The van der Waals surface area contributed by atoms with Crippen molar-refractivity contribution in [1.29, 1.82) is 0 Å². The van der Waals surface area contributed by atoms with Gasteiger partial charge in [-0.2, -0.15) is 0 Å². The fourth-order valence-electron chi connectivity index (χ4n) is 2.93. The van der Waals surface area contributed by atoms with E-state index < -0.39 is 0 Å². The molecule has 0 aromatic carbocycles. The summed E-state index contributed by atoms with van der Waals surface area (Å²) in [6.45, 7) is 1.21. The molecule has 1 aromatic rings. The summed E-state index contributed by atoms with van der Waals surface area (Å²) in [5.74, 6) is 1.54. The first-order valence-electron chi connectivity index (χ1n) is 6.32. The van der Waals surface area contributed by atoms with Gasteiger partial charge in [0.1, 0.15) is 0 Å². The molecule has 16 heavy (non-hydrogen) atoms. The Hall–Kier alpha value is -0.890. The first kappa shape index (κ1) is 11.6. The van der Waals surface area contributed by atoms with E-state index in [0.29, 0.717) is 0 Å². The minimum absolute atomic E-state index is 0.727. The second-order valence-electron chi connectivity index (χ2n) is 5.20. The fourth-order valence-corrected chi connectivity index (χ4v) is 2.93. The van der Waals surface area contributed by atoms with Crippen LogP contribution < -0.4 is 0 Å². The van der Waals surface area contributed by atoms with E-state index in [-0.39, 0.29) is 0 Å². The predicted molar refractivity (Wildman–Crippen MR) is 67.5 cm³/mol. The molecule has 2 nitrogen and oxygen atoms in total. The van der Waals surface area contributed by atoms with Crippen molar-refractivity contribution in [1.82, 2.24) is 9.88 Å². The van der Waals surface area contributed by atoms with Crippen LogP contribution in [0.1, 0.15) is 37.2 Å². The molecule has 1 saturated carbocycles. The van der Waals surface area contributed by atoms with E-state index in [0.717, 1.165) is 11.8 Å². The van der Waals surface area contributed by atoms with Crippen LogP contribution in [0.5, 0.6) is 0 Å². The van der Waals surface area contributed by atoms with Gasteiger partial charge in [-0.1, -0.05) is 18.9 Å². The van der Waals surface area contributed by atoms with Gasteiger partial charge < -0.3 is 4.90 Å². The summed E-state index contributed by atoms with van der Waals surface area (Å²) in [6, 6.07) is 4.31. The van der Waals surface area contributed by atoms with Crippen molar-refractivity contribution in [3.05, 3.63) is 30.1 Å². The van der Waals surface area contributed by atoms with E-state index in [2.05, 4.69) is 42.3 Å². The van der Waals surface area contributed by atoms with E-state index >= 15 is 0 Å². The van der Waals surface area contributed by atoms with Gasteiger partial charge in [0.25, 0.3) is 0 Å². The van der Waals surface area contributed by atoms with Crippen molar-refractivity contribution < 1.29 is 0 Å². The molecular weight excluding hydrogens is 196 g/mol. The zero-order chi connectivity index (χ0) is 11.4. The van der Waals surface area contributed by atoms with Gasteiger partial charge in [-0.25, -0.2) is 0 Å². The normalized spacial score (nSPS) is 25.9. The van der Waals surface area contributed by atoms with Gasteiger partial charge in [-0.3, -0.25) is 4.98 Å². The van der Waals surface area contributed by atoms with E-state index in [4.69, 9.17) is 0 Å².